The molecule has 0 spiro atoms. The molecule has 2 aromatic rings. The van der Waals surface area contributed by atoms with E-state index in [9.17, 15) is 4.79 Å². The van der Waals surface area contributed by atoms with Crippen LogP contribution < -0.4 is 10.9 Å². The normalized spacial score (nSPS) is 14.5. The van der Waals surface area contributed by atoms with Crippen LogP contribution in [-0.2, 0) is 20.1 Å². The summed E-state index contributed by atoms with van der Waals surface area (Å²) in [6.45, 7) is 1.19. The van der Waals surface area contributed by atoms with Crippen molar-refractivity contribution in [1.29, 1.82) is 0 Å². The van der Waals surface area contributed by atoms with Gasteiger partial charge in [0.15, 0.2) is 0 Å². The molecule has 1 aliphatic carbocycles. The predicted molar refractivity (Wildman–Crippen MR) is 76.8 cm³/mol. The second-order valence-electron chi connectivity index (χ2n) is 5.17. The Morgan fingerprint density at radius 2 is 2.20 bits per heavy atom. The lowest BCUT2D eigenvalue weighted by Crippen LogP contribution is -2.26. The van der Waals surface area contributed by atoms with Crippen LogP contribution in [0.4, 0.5) is 5.69 Å². The lowest BCUT2D eigenvalue weighted by atomic mass is 10.3. The van der Waals surface area contributed by atoms with Gasteiger partial charge < -0.3 is 5.32 Å². The average Bonchev–Trinajstić information content (AvgIpc) is 3.14. The molecule has 2 heterocycles. The largest absolute Gasteiger partial charge is 0.375 e. The monoisotopic (exact) mass is 293 g/mol. The second-order valence-corrected chi connectivity index (χ2v) is 5.58. The summed E-state index contributed by atoms with van der Waals surface area (Å²) < 4.78 is 3.21. The zero-order valence-electron chi connectivity index (χ0n) is 11.2. The molecule has 0 radical (unpaired) electrons. The smallest absolute Gasteiger partial charge is 0.291 e. The molecule has 0 atom stereocenters. The highest BCUT2D eigenvalue weighted by Crippen LogP contribution is 2.30. The fraction of sp³-hybridized carbons (Fsp3) is 0.462. The van der Waals surface area contributed by atoms with E-state index in [1.54, 1.807) is 10.9 Å². The third-order valence-corrected chi connectivity index (χ3v) is 3.64. The van der Waals surface area contributed by atoms with Gasteiger partial charge in [0.25, 0.3) is 5.56 Å². The van der Waals surface area contributed by atoms with Crippen LogP contribution in [0.3, 0.4) is 0 Å². The summed E-state index contributed by atoms with van der Waals surface area (Å²) in [7, 11) is 1.85. The standard InChI is InChI=1S/C13H16ClN5O/c1-18-7-10(5-16-18)4-15-12-11(14)6-17-19(13(12)20)8-9-2-3-9/h5-7,9,15H,2-4,8H2,1H3. The van der Waals surface area contributed by atoms with Crippen LogP contribution in [0.15, 0.2) is 23.4 Å². The summed E-state index contributed by atoms with van der Waals surface area (Å²) in [5.41, 5.74) is 1.24. The number of nitrogens with zero attached hydrogens (tertiary/aromatic N) is 4. The molecule has 6 nitrogen and oxygen atoms in total. The Morgan fingerprint density at radius 1 is 1.40 bits per heavy atom. The molecule has 106 valence electrons. The first kappa shape index (κ1) is 13.2. The molecule has 0 unspecified atom stereocenters. The molecule has 0 aliphatic heterocycles. The van der Waals surface area contributed by atoms with Crippen LogP contribution in [0, 0.1) is 5.92 Å². The van der Waals surface area contributed by atoms with Crippen LogP contribution in [0.5, 0.6) is 0 Å². The van der Waals surface area contributed by atoms with Crippen molar-refractivity contribution in [2.75, 3.05) is 5.32 Å². The molecule has 1 saturated carbocycles. The molecule has 0 saturated heterocycles. The van der Waals surface area contributed by atoms with Crippen LogP contribution in [0.2, 0.25) is 5.02 Å². The fourth-order valence-electron chi connectivity index (χ4n) is 2.06. The minimum absolute atomic E-state index is 0.159. The SMILES string of the molecule is Cn1cc(CNc2c(Cl)cnn(CC3CC3)c2=O)cn1. The van der Waals surface area contributed by atoms with E-state index in [0.717, 1.165) is 5.56 Å². The Balaban J connectivity index is 1.78. The molecule has 0 aromatic carbocycles. The average molecular weight is 294 g/mol. The van der Waals surface area contributed by atoms with Crippen molar-refractivity contribution in [2.45, 2.75) is 25.9 Å². The number of aryl methyl sites for hydroxylation is 1. The van der Waals surface area contributed by atoms with E-state index in [-0.39, 0.29) is 5.56 Å². The minimum Gasteiger partial charge on any atom is -0.375 e. The van der Waals surface area contributed by atoms with Crippen LogP contribution in [0.1, 0.15) is 18.4 Å². The van der Waals surface area contributed by atoms with E-state index in [0.29, 0.717) is 29.7 Å². The summed E-state index contributed by atoms with van der Waals surface area (Å²) in [6.07, 6.45) is 7.52. The quantitative estimate of drug-likeness (QED) is 0.910. The number of hydrogen-bond donors (Lipinski definition) is 1. The maximum absolute atomic E-state index is 12.3. The van der Waals surface area contributed by atoms with E-state index in [2.05, 4.69) is 15.5 Å². The first-order valence-electron chi connectivity index (χ1n) is 6.60. The molecular weight excluding hydrogens is 278 g/mol. The predicted octanol–water partition coefficient (Wildman–Crippen LogP) is 1.65. The van der Waals surface area contributed by atoms with Crippen LogP contribution in [-0.4, -0.2) is 19.6 Å². The Hall–Kier alpha value is -1.82. The lowest BCUT2D eigenvalue weighted by Gasteiger charge is -2.09. The van der Waals surface area contributed by atoms with Gasteiger partial charge in [0.05, 0.1) is 17.4 Å². The van der Waals surface area contributed by atoms with E-state index < -0.39 is 0 Å². The van der Waals surface area contributed by atoms with Gasteiger partial charge in [-0.2, -0.15) is 10.2 Å². The molecule has 20 heavy (non-hydrogen) atoms. The van der Waals surface area contributed by atoms with Gasteiger partial charge >= 0.3 is 0 Å². The Morgan fingerprint density at radius 3 is 2.85 bits per heavy atom. The summed E-state index contributed by atoms with van der Waals surface area (Å²) in [5.74, 6) is 0.590. The van der Waals surface area contributed by atoms with Crippen molar-refractivity contribution in [1.82, 2.24) is 19.6 Å². The van der Waals surface area contributed by atoms with Crippen molar-refractivity contribution < 1.29 is 0 Å². The van der Waals surface area contributed by atoms with Gasteiger partial charge in [-0.15, -0.1) is 0 Å². The van der Waals surface area contributed by atoms with Crippen LogP contribution >= 0.6 is 11.6 Å². The van der Waals surface area contributed by atoms with Crippen molar-refractivity contribution in [3.8, 4) is 0 Å². The zero-order valence-corrected chi connectivity index (χ0v) is 12.0. The summed E-state index contributed by atoms with van der Waals surface area (Å²) in [5, 5.41) is 11.6. The van der Waals surface area contributed by atoms with Crippen LogP contribution in [0.25, 0.3) is 0 Å². The molecule has 1 fully saturated rings. The number of nitrogens with one attached hydrogen (secondary N) is 1. The second kappa shape index (κ2) is 5.28. The van der Waals surface area contributed by atoms with Gasteiger partial charge in [-0.3, -0.25) is 9.48 Å². The van der Waals surface area contributed by atoms with Crippen molar-refractivity contribution in [3.05, 3.63) is 39.5 Å². The first-order chi connectivity index (χ1) is 9.63. The number of rotatable bonds is 5. The molecule has 2 aromatic heterocycles. The first-order valence-corrected chi connectivity index (χ1v) is 6.98. The minimum atomic E-state index is -0.159. The summed E-state index contributed by atoms with van der Waals surface area (Å²) in [4.78, 5) is 12.3. The van der Waals surface area contributed by atoms with E-state index in [4.69, 9.17) is 11.6 Å². The maximum atomic E-state index is 12.3. The van der Waals surface area contributed by atoms with Gasteiger partial charge in [0.1, 0.15) is 5.69 Å². The lowest BCUT2D eigenvalue weighted by molar-refractivity contribution is 0.534. The van der Waals surface area contributed by atoms with Gasteiger partial charge in [0, 0.05) is 31.9 Å². The van der Waals surface area contributed by atoms with E-state index in [1.807, 2.05) is 13.2 Å². The van der Waals surface area contributed by atoms with Gasteiger partial charge in [0.2, 0.25) is 0 Å². The molecule has 3 rings (SSSR count). The van der Waals surface area contributed by atoms with Crippen molar-refractivity contribution in [3.63, 3.8) is 0 Å². The fourth-order valence-corrected chi connectivity index (χ4v) is 2.25. The number of halogens is 1. The zero-order chi connectivity index (χ0) is 14.1. The molecule has 1 N–H and O–H groups in total. The topological polar surface area (TPSA) is 64.7 Å². The van der Waals surface area contributed by atoms with Gasteiger partial charge in [-0.1, -0.05) is 11.6 Å². The Kier molecular flexibility index (Phi) is 3.48. The van der Waals surface area contributed by atoms with Gasteiger partial charge in [-0.05, 0) is 18.8 Å². The number of hydrogen-bond acceptors (Lipinski definition) is 4. The highest BCUT2D eigenvalue weighted by molar-refractivity contribution is 6.32. The maximum Gasteiger partial charge on any atom is 0.291 e. The Labute approximate surface area is 121 Å². The number of anilines is 1. The molecular formula is C13H16ClN5O. The molecule has 0 bridgehead atoms. The highest BCUT2D eigenvalue weighted by atomic mass is 35.5. The molecule has 0 amide bonds. The third kappa shape index (κ3) is 2.85. The third-order valence-electron chi connectivity index (χ3n) is 3.35. The molecule has 1 aliphatic rings. The highest BCUT2D eigenvalue weighted by Gasteiger charge is 2.23. The Bertz CT molecular complexity index is 674. The summed E-state index contributed by atoms with van der Waals surface area (Å²) >= 11 is 6.07. The number of aromatic nitrogens is 4. The van der Waals surface area contributed by atoms with E-state index >= 15 is 0 Å². The summed E-state index contributed by atoms with van der Waals surface area (Å²) in [6, 6.07) is 0. The molecule has 7 heteroatoms. The van der Waals surface area contributed by atoms with Crippen molar-refractivity contribution in [2.24, 2.45) is 13.0 Å². The van der Waals surface area contributed by atoms with E-state index in [1.165, 1.54) is 23.7 Å². The van der Waals surface area contributed by atoms with Crippen molar-refractivity contribution >= 4 is 17.3 Å². The van der Waals surface area contributed by atoms with Gasteiger partial charge in [-0.25, -0.2) is 4.68 Å².